The average molecular weight is 480 g/mol. The summed E-state index contributed by atoms with van der Waals surface area (Å²) < 4.78 is 42.7. The van der Waals surface area contributed by atoms with Crippen molar-refractivity contribution in [1.29, 1.82) is 0 Å². The number of methoxy groups -OCH3 is 1. The normalized spacial score (nSPS) is 21.0. The third-order valence-corrected chi connectivity index (χ3v) is 4.26. The zero-order valence-electron chi connectivity index (χ0n) is 15.7. The van der Waals surface area contributed by atoms with E-state index >= 15 is 0 Å². The van der Waals surface area contributed by atoms with Gasteiger partial charge >= 0.3 is 6.18 Å². The highest BCUT2D eigenvalue weighted by Gasteiger charge is 2.34. The molecule has 0 aliphatic carbocycles. The van der Waals surface area contributed by atoms with Gasteiger partial charge in [0.2, 0.25) is 0 Å². The second-order valence-corrected chi connectivity index (χ2v) is 7.43. The molecule has 0 amide bonds. The minimum Gasteiger partial charge on any atom is -0.379 e. The Balaban J connectivity index is 0.00000576. The molecule has 0 radical (unpaired) electrons. The summed E-state index contributed by atoms with van der Waals surface area (Å²) in [6.07, 6.45) is -3.32. The maximum Gasteiger partial charge on any atom is 0.401 e. The molecule has 0 aromatic rings. The molecule has 1 fully saturated rings. The van der Waals surface area contributed by atoms with Crippen LogP contribution in [0.3, 0.4) is 0 Å². The first-order valence-corrected chi connectivity index (χ1v) is 8.31. The van der Waals surface area contributed by atoms with Crippen LogP contribution in [0.25, 0.3) is 0 Å². The molecule has 2 unspecified atom stereocenters. The average Bonchev–Trinajstić information content (AvgIpc) is 2.86. The number of hydrogen-bond donors (Lipinski definition) is 2. The standard InChI is InChI=1S/C16H31F3N4O.HI/c1-15(2,3)13(24-5)9-22-14(20-4)21-8-12-6-7-23(10-12)11-16(17,18)19;/h12-13H,6-11H2,1-5H3,(H2,20,21,22);1H. The zero-order chi connectivity index (χ0) is 18.4. The summed E-state index contributed by atoms with van der Waals surface area (Å²) in [7, 11) is 3.36. The molecule has 0 bridgehead atoms. The van der Waals surface area contributed by atoms with Crippen molar-refractivity contribution in [3.8, 4) is 0 Å². The number of nitrogens with zero attached hydrogens (tertiary/aromatic N) is 2. The summed E-state index contributed by atoms with van der Waals surface area (Å²) in [5.74, 6) is 0.849. The first-order valence-electron chi connectivity index (χ1n) is 8.31. The molecule has 1 aliphatic heterocycles. The summed E-state index contributed by atoms with van der Waals surface area (Å²) in [6.45, 7) is 7.68. The van der Waals surface area contributed by atoms with Gasteiger partial charge in [-0.25, -0.2) is 0 Å². The van der Waals surface area contributed by atoms with Gasteiger partial charge in [-0.2, -0.15) is 13.2 Å². The summed E-state index contributed by atoms with van der Waals surface area (Å²) in [5.41, 5.74) is 0.00412. The Kier molecular flexibility index (Phi) is 10.6. The Hall–Kier alpha value is -0.290. The van der Waals surface area contributed by atoms with Crippen molar-refractivity contribution < 1.29 is 17.9 Å². The van der Waals surface area contributed by atoms with Gasteiger partial charge in [0.25, 0.3) is 0 Å². The van der Waals surface area contributed by atoms with Crippen molar-refractivity contribution in [2.45, 2.75) is 39.5 Å². The minimum atomic E-state index is -4.12. The molecule has 2 N–H and O–H groups in total. The molecule has 150 valence electrons. The van der Waals surface area contributed by atoms with E-state index in [0.717, 1.165) is 6.42 Å². The Morgan fingerprint density at radius 3 is 2.40 bits per heavy atom. The maximum atomic E-state index is 12.4. The zero-order valence-corrected chi connectivity index (χ0v) is 18.1. The molecular weight excluding hydrogens is 448 g/mol. The lowest BCUT2D eigenvalue weighted by atomic mass is 9.89. The Bertz CT molecular complexity index is 413. The van der Waals surface area contributed by atoms with Crippen molar-refractivity contribution in [2.24, 2.45) is 16.3 Å². The summed E-state index contributed by atoms with van der Waals surface area (Å²) >= 11 is 0. The summed E-state index contributed by atoms with van der Waals surface area (Å²) in [4.78, 5) is 5.62. The quantitative estimate of drug-likeness (QED) is 0.349. The molecule has 1 saturated heterocycles. The number of nitrogens with one attached hydrogen (secondary N) is 2. The van der Waals surface area contributed by atoms with E-state index in [2.05, 4.69) is 36.4 Å². The van der Waals surface area contributed by atoms with Crippen LogP contribution in [0.4, 0.5) is 13.2 Å². The van der Waals surface area contributed by atoms with E-state index in [1.165, 1.54) is 4.90 Å². The number of alkyl halides is 3. The fourth-order valence-electron chi connectivity index (χ4n) is 2.87. The summed E-state index contributed by atoms with van der Waals surface area (Å²) in [5, 5.41) is 6.42. The van der Waals surface area contributed by atoms with Gasteiger partial charge < -0.3 is 15.4 Å². The SMILES string of the molecule is CN=C(NCC1CCN(CC(F)(F)F)C1)NCC(OC)C(C)(C)C.I. The van der Waals surface area contributed by atoms with E-state index in [-0.39, 0.29) is 41.4 Å². The van der Waals surface area contributed by atoms with Crippen LogP contribution in [0.1, 0.15) is 27.2 Å². The lowest BCUT2D eigenvalue weighted by Crippen LogP contribution is -2.46. The molecule has 25 heavy (non-hydrogen) atoms. The fraction of sp³-hybridized carbons (Fsp3) is 0.938. The minimum absolute atomic E-state index is 0. The highest BCUT2D eigenvalue weighted by atomic mass is 127. The molecule has 9 heteroatoms. The Labute approximate surface area is 166 Å². The monoisotopic (exact) mass is 480 g/mol. The molecule has 0 aromatic carbocycles. The van der Waals surface area contributed by atoms with Crippen molar-refractivity contribution in [3.63, 3.8) is 0 Å². The van der Waals surface area contributed by atoms with Gasteiger partial charge in [-0.15, -0.1) is 24.0 Å². The van der Waals surface area contributed by atoms with Gasteiger partial charge in [-0.3, -0.25) is 9.89 Å². The van der Waals surface area contributed by atoms with Crippen LogP contribution in [-0.4, -0.2) is 70.0 Å². The lowest BCUT2D eigenvalue weighted by molar-refractivity contribution is -0.143. The smallest absolute Gasteiger partial charge is 0.379 e. The molecule has 1 aliphatic rings. The van der Waals surface area contributed by atoms with Crippen LogP contribution in [0.5, 0.6) is 0 Å². The number of ether oxygens (including phenoxy) is 1. The second kappa shape index (κ2) is 10.8. The predicted octanol–water partition coefficient (Wildman–Crippen LogP) is 2.71. The van der Waals surface area contributed by atoms with Gasteiger partial charge in [0.15, 0.2) is 5.96 Å². The molecule has 2 atom stereocenters. The number of halogens is 4. The van der Waals surface area contributed by atoms with Gasteiger partial charge in [0.1, 0.15) is 0 Å². The van der Waals surface area contributed by atoms with Crippen LogP contribution in [0.2, 0.25) is 0 Å². The van der Waals surface area contributed by atoms with Crippen LogP contribution >= 0.6 is 24.0 Å². The third kappa shape index (κ3) is 9.83. The van der Waals surface area contributed by atoms with E-state index in [4.69, 9.17) is 4.74 Å². The van der Waals surface area contributed by atoms with E-state index in [9.17, 15) is 13.2 Å². The second-order valence-electron chi connectivity index (χ2n) is 7.43. The molecule has 0 spiro atoms. The van der Waals surface area contributed by atoms with Gasteiger partial charge in [0.05, 0.1) is 12.6 Å². The number of guanidine groups is 1. The molecule has 1 rings (SSSR count). The van der Waals surface area contributed by atoms with Crippen LogP contribution in [0.15, 0.2) is 4.99 Å². The van der Waals surface area contributed by atoms with Gasteiger partial charge in [-0.1, -0.05) is 20.8 Å². The predicted molar refractivity (Wildman–Crippen MR) is 106 cm³/mol. The first kappa shape index (κ1) is 24.7. The van der Waals surface area contributed by atoms with Crippen molar-refractivity contribution in [3.05, 3.63) is 0 Å². The number of rotatable bonds is 6. The van der Waals surface area contributed by atoms with Gasteiger partial charge in [-0.05, 0) is 24.3 Å². The third-order valence-electron chi connectivity index (χ3n) is 4.26. The Morgan fingerprint density at radius 1 is 1.28 bits per heavy atom. The Morgan fingerprint density at radius 2 is 1.92 bits per heavy atom. The molecular formula is C16H32F3IN4O. The van der Waals surface area contributed by atoms with Crippen molar-refractivity contribution in [2.75, 3.05) is 46.9 Å². The molecule has 0 aromatic heterocycles. The number of likely N-dealkylation sites (tertiary alicyclic amines) is 1. The van der Waals surface area contributed by atoms with E-state index in [1.807, 2.05) is 0 Å². The van der Waals surface area contributed by atoms with Crippen LogP contribution < -0.4 is 10.6 Å². The van der Waals surface area contributed by atoms with Crippen molar-refractivity contribution >= 4 is 29.9 Å². The molecule has 1 heterocycles. The van der Waals surface area contributed by atoms with E-state index in [1.54, 1.807) is 14.2 Å². The largest absolute Gasteiger partial charge is 0.401 e. The van der Waals surface area contributed by atoms with Gasteiger partial charge in [0, 0.05) is 33.8 Å². The molecule has 5 nitrogen and oxygen atoms in total. The summed E-state index contributed by atoms with van der Waals surface area (Å²) in [6, 6.07) is 0. The lowest BCUT2D eigenvalue weighted by Gasteiger charge is -2.30. The highest BCUT2D eigenvalue weighted by molar-refractivity contribution is 14.0. The van der Waals surface area contributed by atoms with E-state index in [0.29, 0.717) is 32.1 Å². The van der Waals surface area contributed by atoms with Crippen LogP contribution in [-0.2, 0) is 4.74 Å². The maximum absolute atomic E-state index is 12.4. The van der Waals surface area contributed by atoms with E-state index < -0.39 is 12.7 Å². The topological polar surface area (TPSA) is 48.9 Å². The fourth-order valence-corrected chi connectivity index (χ4v) is 2.87. The number of aliphatic imine (C=N–C) groups is 1. The molecule has 0 saturated carbocycles. The first-order chi connectivity index (χ1) is 11.0. The van der Waals surface area contributed by atoms with Crippen LogP contribution in [0, 0.1) is 11.3 Å². The van der Waals surface area contributed by atoms with Crippen molar-refractivity contribution in [1.82, 2.24) is 15.5 Å². The number of hydrogen-bond acceptors (Lipinski definition) is 3. The highest BCUT2D eigenvalue weighted by Crippen LogP contribution is 2.22.